The Balaban J connectivity index is 1.44. The lowest BCUT2D eigenvalue weighted by Gasteiger charge is -2.62. The molecule has 0 bridgehead atoms. The predicted molar refractivity (Wildman–Crippen MR) is 100 cm³/mol. The highest BCUT2D eigenvalue weighted by atomic mass is 16.5. The van der Waals surface area contributed by atoms with Crippen LogP contribution in [0.3, 0.4) is 0 Å². The molecule has 0 aromatic heterocycles. The number of aliphatic hydroxyl groups excluding tert-OH is 1. The highest BCUT2D eigenvalue weighted by Gasteiger charge is 2.63. The Morgan fingerprint density at radius 3 is 2.52 bits per heavy atom. The summed E-state index contributed by atoms with van der Waals surface area (Å²) in [4.78, 5) is 0. The van der Waals surface area contributed by atoms with Gasteiger partial charge >= 0.3 is 0 Å². The van der Waals surface area contributed by atoms with Crippen molar-refractivity contribution in [3.63, 3.8) is 0 Å². The van der Waals surface area contributed by atoms with Gasteiger partial charge in [-0.15, -0.1) is 0 Å². The minimum atomic E-state index is -0.0128. The number of rotatable bonds is 1. The molecular formula is C23H38O2. The van der Waals surface area contributed by atoms with Gasteiger partial charge in [-0.2, -0.15) is 0 Å². The first-order chi connectivity index (χ1) is 12.1. The molecule has 0 aliphatic heterocycles. The number of hydrogen-bond acceptors (Lipinski definition) is 2. The van der Waals surface area contributed by atoms with E-state index in [-0.39, 0.29) is 6.10 Å². The van der Waals surface area contributed by atoms with E-state index < -0.39 is 0 Å². The lowest BCUT2D eigenvalue weighted by Crippen LogP contribution is -2.56. The highest BCUT2D eigenvalue weighted by molar-refractivity contribution is 5.12. The fourth-order valence-corrected chi connectivity index (χ4v) is 9.25. The van der Waals surface area contributed by atoms with Crippen LogP contribution in [0.4, 0.5) is 0 Å². The highest BCUT2D eigenvalue weighted by Crippen LogP contribution is 2.70. The molecule has 0 radical (unpaired) electrons. The number of hydrogen-bond donors (Lipinski definition) is 1. The summed E-state index contributed by atoms with van der Waals surface area (Å²) in [6.45, 7) is 2.61. The standard InChI is InChI=1S/C23H38O2/c1-22-12-9-16(24)14-15(22)5-6-17-18(22)10-13-23-11-3-4-21(25-2)20(23)8-7-19(17)23/h15-21,24H,3-14H2,1-2H3/t15-,16+,17?,18?,19?,20+,21+,22-,23-/m0/s1. The second kappa shape index (κ2) is 5.96. The molecule has 1 spiro atoms. The SMILES string of the molecule is CO[C@@H]1CCC[C@]23CCC4C(CC[C@H]5C[C@H](O)CC[C@]45C)C2CC[C@H]13. The zero-order valence-corrected chi connectivity index (χ0v) is 16.4. The lowest BCUT2D eigenvalue weighted by atomic mass is 9.43. The van der Waals surface area contributed by atoms with E-state index in [9.17, 15) is 5.11 Å². The molecule has 5 rings (SSSR count). The molecule has 0 heterocycles. The maximum atomic E-state index is 10.2. The molecule has 5 fully saturated rings. The maximum absolute atomic E-state index is 10.2. The van der Waals surface area contributed by atoms with Crippen LogP contribution in [-0.4, -0.2) is 24.4 Å². The van der Waals surface area contributed by atoms with Gasteiger partial charge in [0.2, 0.25) is 0 Å². The van der Waals surface area contributed by atoms with Crippen LogP contribution in [0.5, 0.6) is 0 Å². The predicted octanol–water partition coefficient (Wildman–Crippen LogP) is 5.19. The molecule has 5 saturated carbocycles. The number of fused-ring (bicyclic) bond motifs is 4. The number of aliphatic hydroxyl groups is 1. The quantitative estimate of drug-likeness (QED) is 0.708. The molecule has 9 atom stereocenters. The second-order valence-electron chi connectivity index (χ2n) is 10.7. The minimum Gasteiger partial charge on any atom is -0.393 e. The van der Waals surface area contributed by atoms with Gasteiger partial charge in [0.25, 0.3) is 0 Å². The molecule has 3 unspecified atom stereocenters. The van der Waals surface area contributed by atoms with Crippen molar-refractivity contribution >= 4 is 0 Å². The molecule has 1 N–H and O–H groups in total. The smallest absolute Gasteiger partial charge is 0.0604 e. The van der Waals surface area contributed by atoms with Crippen LogP contribution in [0.25, 0.3) is 0 Å². The molecule has 2 nitrogen and oxygen atoms in total. The topological polar surface area (TPSA) is 29.5 Å². The summed E-state index contributed by atoms with van der Waals surface area (Å²) >= 11 is 0. The molecule has 0 aromatic rings. The molecule has 0 saturated heterocycles. The largest absolute Gasteiger partial charge is 0.393 e. The third-order valence-corrected chi connectivity index (χ3v) is 10.3. The van der Waals surface area contributed by atoms with E-state index in [1.807, 2.05) is 7.11 Å². The van der Waals surface area contributed by atoms with Crippen LogP contribution >= 0.6 is 0 Å². The Kier molecular flexibility index (Phi) is 4.06. The Labute approximate surface area is 154 Å². The molecule has 5 aliphatic rings. The van der Waals surface area contributed by atoms with Crippen molar-refractivity contribution in [2.24, 2.45) is 40.4 Å². The summed E-state index contributed by atoms with van der Waals surface area (Å²) in [5.41, 5.74) is 1.16. The first-order valence-corrected chi connectivity index (χ1v) is 11.3. The Morgan fingerprint density at radius 2 is 1.68 bits per heavy atom. The van der Waals surface area contributed by atoms with E-state index in [0.29, 0.717) is 16.9 Å². The van der Waals surface area contributed by atoms with Gasteiger partial charge in [-0.25, -0.2) is 0 Å². The number of ether oxygens (including phenoxy) is 1. The third-order valence-electron chi connectivity index (χ3n) is 10.3. The van der Waals surface area contributed by atoms with E-state index in [1.165, 1.54) is 64.2 Å². The molecule has 142 valence electrons. The Bertz CT molecular complexity index is 518. The van der Waals surface area contributed by atoms with Crippen molar-refractivity contribution < 1.29 is 9.84 Å². The van der Waals surface area contributed by atoms with Crippen LogP contribution in [0.15, 0.2) is 0 Å². The molecule has 25 heavy (non-hydrogen) atoms. The minimum absolute atomic E-state index is 0.0128. The normalized spacial score (nSPS) is 58.0. The molecule has 0 aromatic carbocycles. The Morgan fingerprint density at radius 1 is 0.840 bits per heavy atom. The molecular weight excluding hydrogens is 308 g/mol. The summed E-state index contributed by atoms with van der Waals surface area (Å²) < 4.78 is 5.97. The van der Waals surface area contributed by atoms with Gasteiger partial charge < -0.3 is 9.84 Å². The Hall–Kier alpha value is -0.0800. The zero-order valence-electron chi connectivity index (χ0n) is 16.4. The zero-order chi connectivity index (χ0) is 17.2. The van der Waals surface area contributed by atoms with Gasteiger partial charge in [-0.1, -0.05) is 13.3 Å². The first-order valence-electron chi connectivity index (χ1n) is 11.3. The van der Waals surface area contributed by atoms with Gasteiger partial charge in [0.1, 0.15) is 0 Å². The fourth-order valence-electron chi connectivity index (χ4n) is 9.25. The van der Waals surface area contributed by atoms with Gasteiger partial charge in [0.15, 0.2) is 0 Å². The van der Waals surface area contributed by atoms with Crippen molar-refractivity contribution in [2.45, 2.75) is 96.2 Å². The van der Waals surface area contributed by atoms with Gasteiger partial charge in [-0.3, -0.25) is 0 Å². The van der Waals surface area contributed by atoms with E-state index >= 15 is 0 Å². The van der Waals surface area contributed by atoms with Crippen molar-refractivity contribution in [1.82, 2.24) is 0 Å². The van der Waals surface area contributed by atoms with Crippen LogP contribution in [0.2, 0.25) is 0 Å². The average Bonchev–Trinajstić information content (AvgIpc) is 3.02. The van der Waals surface area contributed by atoms with Crippen molar-refractivity contribution in [3.05, 3.63) is 0 Å². The monoisotopic (exact) mass is 346 g/mol. The number of methoxy groups -OCH3 is 1. The third kappa shape index (κ3) is 2.29. The second-order valence-corrected chi connectivity index (χ2v) is 10.7. The maximum Gasteiger partial charge on any atom is 0.0604 e. The van der Waals surface area contributed by atoms with Gasteiger partial charge in [-0.05, 0) is 111 Å². The van der Waals surface area contributed by atoms with Crippen LogP contribution in [0.1, 0.15) is 84.0 Å². The van der Waals surface area contributed by atoms with Crippen molar-refractivity contribution in [2.75, 3.05) is 7.11 Å². The molecule has 2 heteroatoms. The molecule has 5 aliphatic carbocycles. The van der Waals surface area contributed by atoms with Crippen molar-refractivity contribution in [1.29, 1.82) is 0 Å². The van der Waals surface area contributed by atoms with Gasteiger partial charge in [0, 0.05) is 7.11 Å². The van der Waals surface area contributed by atoms with Crippen LogP contribution < -0.4 is 0 Å². The summed E-state index contributed by atoms with van der Waals surface area (Å²) in [5, 5.41) is 10.2. The van der Waals surface area contributed by atoms with E-state index in [1.54, 1.807) is 0 Å². The lowest BCUT2D eigenvalue weighted by molar-refractivity contribution is -0.150. The fraction of sp³-hybridized carbons (Fsp3) is 1.00. The summed E-state index contributed by atoms with van der Waals surface area (Å²) in [7, 11) is 1.96. The molecule has 0 amide bonds. The first kappa shape index (κ1) is 17.0. The average molecular weight is 347 g/mol. The van der Waals surface area contributed by atoms with Crippen LogP contribution in [0, 0.1) is 40.4 Å². The summed E-state index contributed by atoms with van der Waals surface area (Å²) in [6.07, 6.45) is 16.9. The van der Waals surface area contributed by atoms with E-state index in [2.05, 4.69) is 6.92 Å². The van der Waals surface area contributed by atoms with Crippen LogP contribution in [-0.2, 0) is 4.74 Å². The van der Waals surface area contributed by atoms with E-state index in [4.69, 9.17) is 4.74 Å². The summed E-state index contributed by atoms with van der Waals surface area (Å²) in [6, 6.07) is 0. The van der Waals surface area contributed by atoms with E-state index in [0.717, 1.165) is 42.4 Å². The van der Waals surface area contributed by atoms with Crippen molar-refractivity contribution in [3.8, 4) is 0 Å². The van der Waals surface area contributed by atoms with Gasteiger partial charge in [0.05, 0.1) is 12.2 Å². The summed E-state index contributed by atoms with van der Waals surface area (Å²) in [5.74, 6) is 4.55.